The molecule has 1 heterocycles. The Morgan fingerprint density at radius 1 is 1.08 bits per heavy atom. The summed E-state index contributed by atoms with van der Waals surface area (Å²) < 4.78 is 5.28. The second-order valence-electron chi connectivity index (χ2n) is 10.1. The molecule has 0 saturated heterocycles. The lowest BCUT2D eigenvalue weighted by Gasteiger charge is -2.60. The van der Waals surface area contributed by atoms with Gasteiger partial charge >= 0.3 is 0 Å². The lowest BCUT2D eigenvalue weighted by Crippen LogP contribution is -2.56. The van der Waals surface area contributed by atoms with Gasteiger partial charge in [-0.25, -0.2) is 0 Å². The lowest BCUT2D eigenvalue weighted by molar-refractivity contribution is -0.139. The summed E-state index contributed by atoms with van der Waals surface area (Å²) in [6.07, 6.45) is 11.6. The summed E-state index contributed by atoms with van der Waals surface area (Å²) in [5.41, 5.74) is 2.65. The molecule has 4 aliphatic rings. The van der Waals surface area contributed by atoms with Crippen molar-refractivity contribution in [1.29, 1.82) is 0 Å². The molecule has 0 amide bonds. The van der Waals surface area contributed by atoms with Crippen molar-refractivity contribution in [3.05, 3.63) is 17.5 Å². The van der Waals surface area contributed by atoms with Crippen LogP contribution in [-0.4, -0.2) is 15.9 Å². The Morgan fingerprint density at radius 2 is 1.88 bits per heavy atom. The third-order valence-electron chi connectivity index (χ3n) is 9.37. The van der Waals surface area contributed by atoms with Crippen molar-refractivity contribution in [2.45, 2.75) is 77.7 Å². The SMILES string of the molecule is C[C@]12Cc3conc3C[C@@H]1CC[C@H]1[C@@H]2CC[C@]2(C)[C@H]1CC[C@@]2(C)O. The Labute approximate surface area is 145 Å². The Kier molecular flexibility index (Phi) is 3.00. The second kappa shape index (κ2) is 4.66. The van der Waals surface area contributed by atoms with Crippen molar-refractivity contribution < 1.29 is 9.63 Å². The van der Waals surface area contributed by atoms with Gasteiger partial charge in [-0.05, 0) is 92.8 Å². The number of hydrogen-bond acceptors (Lipinski definition) is 3. The third kappa shape index (κ3) is 1.75. The first-order valence-electron chi connectivity index (χ1n) is 10.00. The molecular formula is C21H31NO2. The van der Waals surface area contributed by atoms with E-state index < -0.39 is 5.60 Å². The monoisotopic (exact) mass is 329 g/mol. The van der Waals surface area contributed by atoms with Crippen LogP contribution in [0.15, 0.2) is 10.8 Å². The number of rotatable bonds is 0. The van der Waals surface area contributed by atoms with Crippen LogP contribution in [0.1, 0.15) is 70.6 Å². The van der Waals surface area contributed by atoms with Crippen molar-refractivity contribution in [3.8, 4) is 0 Å². The maximum absolute atomic E-state index is 11.0. The summed E-state index contributed by atoms with van der Waals surface area (Å²) in [6.45, 7) is 7.04. The van der Waals surface area contributed by atoms with Gasteiger partial charge < -0.3 is 9.63 Å². The Hall–Kier alpha value is -0.830. The van der Waals surface area contributed by atoms with Crippen LogP contribution in [0.25, 0.3) is 0 Å². The maximum Gasteiger partial charge on any atom is 0.127 e. The van der Waals surface area contributed by atoms with E-state index in [0.29, 0.717) is 11.3 Å². The van der Waals surface area contributed by atoms with E-state index in [-0.39, 0.29) is 5.41 Å². The van der Waals surface area contributed by atoms with Crippen LogP contribution in [0.4, 0.5) is 0 Å². The van der Waals surface area contributed by atoms with E-state index in [2.05, 4.69) is 25.9 Å². The van der Waals surface area contributed by atoms with Gasteiger partial charge in [0, 0.05) is 5.56 Å². The number of aliphatic hydroxyl groups is 1. The average Bonchev–Trinajstić information content (AvgIpc) is 3.06. The van der Waals surface area contributed by atoms with E-state index in [0.717, 1.165) is 37.0 Å². The average molecular weight is 329 g/mol. The van der Waals surface area contributed by atoms with Crippen molar-refractivity contribution in [3.63, 3.8) is 0 Å². The third-order valence-corrected chi connectivity index (χ3v) is 9.37. The van der Waals surface area contributed by atoms with Gasteiger partial charge in [-0.1, -0.05) is 19.0 Å². The highest BCUT2D eigenvalue weighted by atomic mass is 16.5. The Balaban J connectivity index is 1.50. The summed E-state index contributed by atoms with van der Waals surface area (Å²) in [7, 11) is 0. The largest absolute Gasteiger partial charge is 0.390 e. The molecule has 0 aromatic carbocycles. The highest BCUT2D eigenvalue weighted by Gasteiger charge is 2.63. The minimum atomic E-state index is -0.464. The molecule has 7 atom stereocenters. The standard InChI is InChI=1S/C21H31NO2/c1-19-11-13-12-24-22-18(13)10-14(19)4-5-15-16(19)6-8-20(2)17(15)7-9-21(20,3)23/h12,14-17,23H,4-11H2,1-3H3/t14-,15-,16-,17-,19-,20+,21+/m0/s1. The van der Waals surface area contributed by atoms with Crippen molar-refractivity contribution in [2.75, 3.05) is 0 Å². The lowest BCUT2D eigenvalue weighted by atomic mass is 9.44. The molecule has 1 aromatic rings. The van der Waals surface area contributed by atoms with Gasteiger partial charge in [0.15, 0.2) is 0 Å². The topological polar surface area (TPSA) is 46.3 Å². The van der Waals surface area contributed by atoms with Crippen LogP contribution < -0.4 is 0 Å². The quantitative estimate of drug-likeness (QED) is 0.768. The molecule has 1 aromatic heterocycles. The minimum Gasteiger partial charge on any atom is -0.390 e. The van der Waals surface area contributed by atoms with E-state index in [4.69, 9.17) is 4.52 Å². The van der Waals surface area contributed by atoms with Crippen molar-refractivity contribution in [1.82, 2.24) is 5.16 Å². The predicted molar refractivity (Wildman–Crippen MR) is 92.4 cm³/mol. The molecule has 0 aliphatic heterocycles. The molecule has 1 N–H and O–H groups in total. The molecule has 132 valence electrons. The fourth-order valence-corrected chi connectivity index (χ4v) is 7.63. The van der Waals surface area contributed by atoms with Crippen molar-refractivity contribution in [2.24, 2.45) is 34.5 Å². The number of nitrogens with zero attached hydrogens (tertiary/aromatic N) is 1. The Morgan fingerprint density at radius 3 is 2.71 bits per heavy atom. The normalized spacial score (nSPS) is 53.0. The highest BCUT2D eigenvalue weighted by molar-refractivity contribution is 5.25. The summed E-state index contributed by atoms with van der Waals surface area (Å²) in [4.78, 5) is 0. The van der Waals surface area contributed by atoms with E-state index in [1.165, 1.54) is 43.4 Å². The second-order valence-corrected chi connectivity index (χ2v) is 10.1. The molecule has 0 spiro atoms. The van der Waals surface area contributed by atoms with E-state index >= 15 is 0 Å². The van der Waals surface area contributed by atoms with Gasteiger partial charge in [0.25, 0.3) is 0 Å². The zero-order chi connectivity index (χ0) is 16.7. The van der Waals surface area contributed by atoms with Crippen LogP contribution in [-0.2, 0) is 12.8 Å². The summed E-state index contributed by atoms with van der Waals surface area (Å²) in [5.74, 6) is 3.10. The molecule has 24 heavy (non-hydrogen) atoms. The predicted octanol–water partition coefficient (Wildman–Crippen LogP) is 4.38. The molecule has 3 fully saturated rings. The van der Waals surface area contributed by atoms with Gasteiger partial charge in [0.05, 0.1) is 11.3 Å². The van der Waals surface area contributed by atoms with Crippen LogP contribution >= 0.6 is 0 Å². The summed E-state index contributed by atoms with van der Waals surface area (Å²) in [6, 6.07) is 0. The highest BCUT2D eigenvalue weighted by Crippen LogP contribution is 2.67. The molecule has 3 heteroatoms. The molecule has 4 aliphatic carbocycles. The molecule has 0 bridgehead atoms. The molecule has 5 rings (SSSR count). The van der Waals surface area contributed by atoms with Gasteiger partial charge in [-0.3, -0.25) is 0 Å². The van der Waals surface area contributed by atoms with Crippen LogP contribution in [0.2, 0.25) is 0 Å². The van der Waals surface area contributed by atoms with Gasteiger partial charge in [-0.2, -0.15) is 0 Å². The minimum absolute atomic E-state index is 0.133. The zero-order valence-corrected chi connectivity index (χ0v) is 15.3. The number of hydrogen-bond donors (Lipinski definition) is 1. The summed E-state index contributed by atoms with van der Waals surface area (Å²) >= 11 is 0. The van der Waals surface area contributed by atoms with Crippen molar-refractivity contribution >= 4 is 0 Å². The van der Waals surface area contributed by atoms with Crippen LogP contribution in [0, 0.1) is 34.5 Å². The van der Waals surface area contributed by atoms with E-state index in [1.54, 1.807) is 0 Å². The number of aromatic nitrogens is 1. The first-order chi connectivity index (χ1) is 11.4. The van der Waals surface area contributed by atoms with E-state index in [9.17, 15) is 5.11 Å². The molecule has 3 saturated carbocycles. The first-order valence-corrected chi connectivity index (χ1v) is 10.00. The maximum atomic E-state index is 11.0. The molecule has 0 unspecified atom stereocenters. The Bertz CT molecular complexity index is 665. The molecular weight excluding hydrogens is 298 g/mol. The smallest absolute Gasteiger partial charge is 0.127 e. The van der Waals surface area contributed by atoms with Crippen LogP contribution in [0.3, 0.4) is 0 Å². The summed E-state index contributed by atoms with van der Waals surface area (Å²) in [5, 5.41) is 15.3. The fraction of sp³-hybridized carbons (Fsp3) is 0.857. The molecule has 0 radical (unpaired) electrons. The zero-order valence-electron chi connectivity index (χ0n) is 15.3. The van der Waals surface area contributed by atoms with E-state index in [1.807, 2.05) is 6.26 Å². The van der Waals surface area contributed by atoms with Gasteiger partial charge in [0.2, 0.25) is 0 Å². The molecule has 3 nitrogen and oxygen atoms in total. The van der Waals surface area contributed by atoms with Gasteiger partial charge in [0.1, 0.15) is 6.26 Å². The number of fused-ring (bicyclic) bond motifs is 6. The van der Waals surface area contributed by atoms with Crippen LogP contribution in [0.5, 0.6) is 0 Å². The van der Waals surface area contributed by atoms with Gasteiger partial charge in [-0.15, -0.1) is 0 Å². The first kappa shape index (κ1) is 15.4. The fourth-order valence-electron chi connectivity index (χ4n) is 7.63.